The Balaban J connectivity index is 2.25. The lowest BCUT2D eigenvalue weighted by Gasteiger charge is -2.22. The summed E-state index contributed by atoms with van der Waals surface area (Å²) in [5.74, 6) is 2.91. The monoisotopic (exact) mass is 405 g/mol. The van der Waals surface area contributed by atoms with Gasteiger partial charge in [0.1, 0.15) is 11.5 Å². The molecule has 3 N–H and O–H groups in total. The number of likely N-dealkylation sites (tertiary alicyclic amines) is 1. The molecule has 8 heteroatoms. The zero-order chi connectivity index (χ0) is 18.5. The molecule has 1 amide bonds. The minimum atomic E-state index is -0.924. The van der Waals surface area contributed by atoms with Gasteiger partial charge >= 0.3 is 6.09 Å². The lowest BCUT2D eigenvalue weighted by molar-refractivity contribution is 0.154. The maximum atomic E-state index is 11.2. The fourth-order valence-electron chi connectivity index (χ4n) is 3.20. The van der Waals surface area contributed by atoms with Gasteiger partial charge in [0, 0.05) is 18.5 Å². The first kappa shape index (κ1) is 17.5. The summed E-state index contributed by atoms with van der Waals surface area (Å²) in [6.07, 6.45) is 5.37. The van der Waals surface area contributed by atoms with Gasteiger partial charge in [-0.2, -0.15) is 5.10 Å². The Bertz CT molecular complexity index is 907. The highest BCUT2D eigenvalue weighted by Crippen LogP contribution is 2.39. The van der Waals surface area contributed by atoms with Crippen LogP contribution in [0.1, 0.15) is 44.6 Å². The number of pyridine rings is 1. The number of fused-ring (bicyclic) bond motifs is 1. The fourth-order valence-corrected chi connectivity index (χ4v) is 4.27. The molecule has 0 radical (unpaired) electrons. The van der Waals surface area contributed by atoms with E-state index in [4.69, 9.17) is 12.2 Å². The van der Waals surface area contributed by atoms with E-state index in [0.717, 1.165) is 15.7 Å². The molecule has 3 heterocycles. The fraction of sp³-hybridized carbons (Fsp3) is 0.471. The topological polar surface area (TPSA) is 97.3 Å². The van der Waals surface area contributed by atoms with Crippen LogP contribution in [0.3, 0.4) is 0 Å². The molecular formula is C17H20BrN5O2. The zero-order valence-corrected chi connectivity index (χ0v) is 16.0. The Morgan fingerprint density at radius 3 is 2.68 bits per heavy atom. The van der Waals surface area contributed by atoms with Gasteiger partial charge in [-0.05, 0) is 28.3 Å². The van der Waals surface area contributed by atoms with Crippen LogP contribution in [0.5, 0.6) is 0 Å². The van der Waals surface area contributed by atoms with E-state index in [1.807, 2.05) is 4.68 Å². The molecule has 25 heavy (non-hydrogen) atoms. The van der Waals surface area contributed by atoms with Crippen molar-refractivity contribution in [3.8, 4) is 12.3 Å². The quantitative estimate of drug-likeness (QED) is 0.710. The zero-order valence-electron chi connectivity index (χ0n) is 14.4. The van der Waals surface area contributed by atoms with Crippen LogP contribution in [-0.2, 0) is 5.41 Å². The molecule has 2 aromatic rings. The van der Waals surface area contributed by atoms with E-state index >= 15 is 0 Å². The van der Waals surface area contributed by atoms with Crippen LogP contribution in [0, 0.1) is 12.3 Å². The Morgan fingerprint density at radius 2 is 2.16 bits per heavy atom. The second kappa shape index (κ2) is 5.92. The van der Waals surface area contributed by atoms with Crippen molar-refractivity contribution in [3.63, 3.8) is 0 Å². The van der Waals surface area contributed by atoms with Gasteiger partial charge in [-0.3, -0.25) is 4.68 Å². The number of nitrogen functional groups attached to an aromatic ring is 1. The normalized spacial score (nSPS) is 17.9. The molecular weight excluding hydrogens is 386 g/mol. The average molecular weight is 406 g/mol. The van der Waals surface area contributed by atoms with E-state index in [-0.39, 0.29) is 11.5 Å². The number of hydrogen-bond donors (Lipinski definition) is 2. The molecule has 132 valence electrons. The van der Waals surface area contributed by atoms with Gasteiger partial charge in [0.2, 0.25) is 0 Å². The van der Waals surface area contributed by atoms with E-state index in [2.05, 4.69) is 52.7 Å². The van der Waals surface area contributed by atoms with Gasteiger partial charge in [0.05, 0.1) is 27.1 Å². The van der Waals surface area contributed by atoms with Crippen molar-refractivity contribution in [1.82, 2.24) is 19.7 Å². The Morgan fingerprint density at radius 1 is 1.48 bits per heavy atom. The minimum absolute atomic E-state index is 0.0911. The Kier molecular flexibility index (Phi) is 4.15. The number of rotatable bonds is 1. The van der Waals surface area contributed by atoms with Gasteiger partial charge in [-0.1, -0.05) is 20.8 Å². The van der Waals surface area contributed by atoms with Crippen LogP contribution in [-0.4, -0.2) is 44.0 Å². The summed E-state index contributed by atoms with van der Waals surface area (Å²) in [6, 6.07) is -0.0911. The van der Waals surface area contributed by atoms with E-state index in [9.17, 15) is 9.90 Å². The van der Waals surface area contributed by atoms with Gasteiger partial charge in [-0.25, -0.2) is 9.78 Å². The summed E-state index contributed by atoms with van der Waals surface area (Å²) in [6.45, 7) is 6.99. The van der Waals surface area contributed by atoms with E-state index in [1.54, 1.807) is 0 Å². The third-order valence-corrected chi connectivity index (χ3v) is 5.19. The van der Waals surface area contributed by atoms with Gasteiger partial charge < -0.3 is 15.7 Å². The lowest BCUT2D eigenvalue weighted by Crippen LogP contribution is -2.27. The standard InChI is InChI=1S/C17H20BrN5O2/c1-5-10-11-13(12(18)14(17(2,3)4)20-15(11)19)23(21-10)9-6-7-22(8-9)16(24)25/h1,9H,6-8H2,2-4H3,(H2,19,20)(H,24,25)/t9-/m0/s1. The van der Waals surface area contributed by atoms with E-state index in [0.29, 0.717) is 36.4 Å². The van der Waals surface area contributed by atoms with Gasteiger partial charge in [0.15, 0.2) is 0 Å². The molecule has 1 aliphatic rings. The van der Waals surface area contributed by atoms with Crippen LogP contribution >= 0.6 is 15.9 Å². The molecule has 0 saturated carbocycles. The third kappa shape index (κ3) is 2.82. The molecule has 1 aliphatic heterocycles. The van der Waals surface area contributed by atoms with Crippen molar-refractivity contribution in [2.24, 2.45) is 0 Å². The number of terminal acetylenes is 1. The minimum Gasteiger partial charge on any atom is -0.465 e. The largest absolute Gasteiger partial charge is 0.465 e. The molecule has 1 atom stereocenters. The van der Waals surface area contributed by atoms with Crippen LogP contribution in [0.4, 0.5) is 10.6 Å². The second-order valence-corrected chi connectivity index (χ2v) is 8.03. The van der Waals surface area contributed by atoms with Crippen molar-refractivity contribution in [1.29, 1.82) is 0 Å². The van der Waals surface area contributed by atoms with Crippen LogP contribution in [0.15, 0.2) is 4.47 Å². The molecule has 1 fully saturated rings. The van der Waals surface area contributed by atoms with Crippen molar-refractivity contribution in [3.05, 3.63) is 15.9 Å². The summed E-state index contributed by atoms with van der Waals surface area (Å²) in [5, 5.41) is 14.4. The first-order valence-corrected chi connectivity index (χ1v) is 8.76. The van der Waals surface area contributed by atoms with Gasteiger partial charge in [0.25, 0.3) is 0 Å². The number of anilines is 1. The summed E-state index contributed by atoms with van der Waals surface area (Å²) < 4.78 is 2.61. The van der Waals surface area contributed by atoms with E-state index in [1.165, 1.54) is 4.90 Å². The number of hydrogen-bond acceptors (Lipinski definition) is 4. The lowest BCUT2D eigenvalue weighted by atomic mass is 9.91. The molecule has 0 bridgehead atoms. The summed E-state index contributed by atoms with van der Waals surface area (Å²) in [4.78, 5) is 17.2. The third-order valence-electron chi connectivity index (χ3n) is 4.44. The van der Waals surface area contributed by atoms with E-state index < -0.39 is 6.09 Å². The van der Waals surface area contributed by atoms with Crippen molar-refractivity contribution < 1.29 is 9.90 Å². The summed E-state index contributed by atoms with van der Waals surface area (Å²) in [5.41, 5.74) is 8.00. The van der Waals surface area contributed by atoms with Crippen LogP contribution < -0.4 is 5.73 Å². The second-order valence-electron chi connectivity index (χ2n) is 7.24. The number of nitrogens with zero attached hydrogens (tertiary/aromatic N) is 4. The predicted octanol–water partition coefficient (Wildman–Crippen LogP) is 2.98. The molecule has 2 aromatic heterocycles. The number of carbonyl (C=O) groups is 1. The summed E-state index contributed by atoms with van der Waals surface area (Å²) in [7, 11) is 0. The Labute approximate surface area is 154 Å². The molecule has 0 aromatic carbocycles. The first-order valence-electron chi connectivity index (χ1n) is 7.97. The van der Waals surface area contributed by atoms with Crippen LogP contribution in [0.2, 0.25) is 0 Å². The van der Waals surface area contributed by atoms with Crippen molar-refractivity contribution in [2.45, 2.75) is 38.6 Å². The number of nitrogens with two attached hydrogens (primary N) is 1. The number of halogens is 1. The maximum absolute atomic E-state index is 11.2. The van der Waals surface area contributed by atoms with Gasteiger partial charge in [-0.15, -0.1) is 6.42 Å². The predicted molar refractivity (Wildman–Crippen MR) is 99.5 cm³/mol. The summed E-state index contributed by atoms with van der Waals surface area (Å²) >= 11 is 3.66. The van der Waals surface area contributed by atoms with Crippen LogP contribution in [0.25, 0.3) is 10.9 Å². The molecule has 7 nitrogen and oxygen atoms in total. The highest BCUT2D eigenvalue weighted by Gasteiger charge is 2.32. The first-order chi connectivity index (χ1) is 11.6. The maximum Gasteiger partial charge on any atom is 0.407 e. The molecule has 0 spiro atoms. The SMILES string of the molecule is C#Cc1nn([C@H]2CCN(C(=O)O)C2)c2c(Br)c(C(C)(C)C)nc(N)c12. The Hall–Kier alpha value is -2.27. The molecule has 1 saturated heterocycles. The highest BCUT2D eigenvalue weighted by molar-refractivity contribution is 9.10. The van der Waals surface area contributed by atoms with Crippen molar-refractivity contribution in [2.75, 3.05) is 18.8 Å². The molecule has 0 aliphatic carbocycles. The smallest absolute Gasteiger partial charge is 0.407 e. The molecule has 3 rings (SSSR count). The highest BCUT2D eigenvalue weighted by atomic mass is 79.9. The average Bonchev–Trinajstić information content (AvgIpc) is 3.13. The number of carboxylic acid groups (broad SMARTS) is 1. The number of aromatic nitrogens is 3. The van der Waals surface area contributed by atoms with Crippen molar-refractivity contribution >= 4 is 38.7 Å². The number of amides is 1. The molecule has 0 unspecified atom stereocenters.